The molecule has 1 atom stereocenters. The highest BCUT2D eigenvalue weighted by Gasteiger charge is 2.47. The molecule has 2 aromatic rings. The van der Waals surface area contributed by atoms with Crippen molar-refractivity contribution in [3.05, 3.63) is 48.2 Å². The highest BCUT2D eigenvalue weighted by molar-refractivity contribution is 6.04. The van der Waals surface area contributed by atoms with E-state index in [-0.39, 0.29) is 18.0 Å². The SMILES string of the molecule is O=C1C2CCCN2C(=O)N1Cc1ccc(-c2ccco2)cc1. The minimum atomic E-state index is -0.227. The number of rotatable bonds is 3. The lowest BCUT2D eigenvalue weighted by Gasteiger charge is -2.15. The van der Waals surface area contributed by atoms with Crippen LogP contribution in [0.4, 0.5) is 4.79 Å². The smallest absolute Gasteiger partial charge is 0.327 e. The quantitative estimate of drug-likeness (QED) is 0.818. The first kappa shape index (κ1) is 13.1. The van der Waals surface area contributed by atoms with Crippen molar-refractivity contribution < 1.29 is 14.0 Å². The van der Waals surface area contributed by atoms with Gasteiger partial charge in [0.05, 0.1) is 12.8 Å². The minimum Gasteiger partial charge on any atom is -0.464 e. The lowest BCUT2D eigenvalue weighted by molar-refractivity contribution is -0.128. The van der Waals surface area contributed by atoms with Gasteiger partial charge >= 0.3 is 6.03 Å². The van der Waals surface area contributed by atoms with Gasteiger partial charge < -0.3 is 9.32 Å². The fourth-order valence-electron chi connectivity index (χ4n) is 3.23. The van der Waals surface area contributed by atoms with E-state index < -0.39 is 0 Å². The van der Waals surface area contributed by atoms with Gasteiger partial charge in [-0.2, -0.15) is 0 Å². The highest BCUT2D eigenvalue weighted by atomic mass is 16.3. The molecular formula is C17H16N2O3. The van der Waals surface area contributed by atoms with Gasteiger partial charge in [0.25, 0.3) is 5.91 Å². The summed E-state index contributed by atoms with van der Waals surface area (Å²) in [5, 5.41) is 0. The van der Waals surface area contributed by atoms with Crippen molar-refractivity contribution in [2.45, 2.75) is 25.4 Å². The van der Waals surface area contributed by atoms with Crippen LogP contribution in [0.15, 0.2) is 47.1 Å². The lowest BCUT2D eigenvalue weighted by atomic mass is 10.1. The van der Waals surface area contributed by atoms with Crippen LogP contribution in [0.2, 0.25) is 0 Å². The second-order valence-electron chi connectivity index (χ2n) is 5.73. The lowest BCUT2D eigenvalue weighted by Crippen LogP contribution is -2.32. The molecule has 2 aliphatic rings. The summed E-state index contributed by atoms with van der Waals surface area (Å²) in [5.41, 5.74) is 1.92. The molecule has 5 nitrogen and oxygen atoms in total. The minimum absolute atomic E-state index is 0.0578. The van der Waals surface area contributed by atoms with Gasteiger partial charge in [0.2, 0.25) is 0 Å². The van der Waals surface area contributed by atoms with Crippen LogP contribution in [-0.2, 0) is 11.3 Å². The van der Waals surface area contributed by atoms with Crippen LogP contribution in [0.25, 0.3) is 11.3 Å². The molecule has 0 aliphatic carbocycles. The van der Waals surface area contributed by atoms with Crippen LogP contribution in [0.1, 0.15) is 18.4 Å². The number of carbonyl (C=O) groups is 2. The average molecular weight is 296 g/mol. The van der Waals surface area contributed by atoms with Gasteiger partial charge in [-0.1, -0.05) is 24.3 Å². The van der Waals surface area contributed by atoms with Gasteiger partial charge in [0.15, 0.2) is 0 Å². The fourth-order valence-corrected chi connectivity index (χ4v) is 3.23. The molecule has 1 aromatic carbocycles. The molecule has 22 heavy (non-hydrogen) atoms. The van der Waals surface area contributed by atoms with Crippen molar-refractivity contribution in [3.63, 3.8) is 0 Å². The maximum absolute atomic E-state index is 12.3. The van der Waals surface area contributed by atoms with E-state index in [4.69, 9.17) is 4.42 Å². The van der Waals surface area contributed by atoms with E-state index in [1.54, 1.807) is 11.2 Å². The molecule has 2 aliphatic heterocycles. The number of hydrogen-bond acceptors (Lipinski definition) is 3. The fraction of sp³-hybridized carbons (Fsp3) is 0.294. The number of nitrogens with zero attached hydrogens (tertiary/aromatic N) is 2. The molecule has 0 radical (unpaired) electrons. The Kier molecular flexibility index (Phi) is 2.99. The number of imide groups is 1. The Balaban J connectivity index is 1.52. The van der Waals surface area contributed by atoms with Gasteiger partial charge in [-0.05, 0) is 30.5 Å². The average Bonchev–Trinajstić information content (AvgIpc) is 3.25. The number of benzene rings is 1. The molecule has 112 valence electrons. The highest BCUT2D eigenvalue weighted by Crippen LogP contribution is 2.29. The van der Waals surface area contributed by atoms with Crippen molar-refractivity contribution >= 4 is 11.9 Å². The van der Waals surface area contributed by atoms with Crippen LogP contribution in [0.5, 0.6) is 0 Å². The summed E-state index contributed by atoms with van der Waals surface area (Å²) >= 11 is 0. The molecule has 1 unspecified atom stereocenters. The number of fused-ring (bicyclic) bond motifs is 1. The molecule has 1 aromatic heterocycles. The van der Waals surface area contributed by atoms with Crippen LogP contribution in [-0.4, -0.2) is 34.3 Å². The Labute approximate surface area is 128 Å². The van der Waals surface area contributed by atoms with Crippen LogP contribution < -0.4 is 0 Å². The molecule has 5 heteroatoms. The van der Waals surface area contributed by atoms with E-state index in [1.807, 2.05) is 36.4 Å². The van der Waals surface area contributed by atoms with E-state index in [0.717, 1.165) is 29.7 Å². The van der Waals surface area contributed by atoms with Crippen LogP contribution >= 0.6 is 0 Å². The number of amides is 3. The first-order valence-electron chi connectivity index (χ1n) is 7.49. The Morgan fingerprint density at radius 1 is 1.14 bits per heavy atom. The van der Waals surface area contributed by atoms with Crippen molar-refractivity contribution in [2.24, 2.45) is 0 Å². The maximum Gasteiger partial charge on any atom is 0.327 e. The first-order valence-corrected chi connectivity index (χ1v) is 7.49. The van der Waals surface area contributed by atoms with E-state index in [0.29, 0.717) is 13.1 Å². The summed E-state index contributed by atoms with van der Waals surface area (Å²) in [6, 6.07) is 11.1. The molecule has 0 N–H and O–H groups in total. The Morgan fingerprint density at radius 3 is 2.64 bits per heavy atom. The van der Waals surface area contributed by atoms with Gasteiger partial charge in [0.1, 0.15) is 11.8 Å². The zero-order valence-electron chi connectivity index (χ0n) is 12.1. The summed E-state index contributed by atoms with van der Waals surface area (Å²) in [6.07, 6.45) is 3.35. The van der Waals surface area contributed by atoms with E-state index in [2.05, 4.69) is 0 Å². The number of carbonyl (C=O) groups excluding carboxylic acids is 2. The summed E-state index contributed by atoms with van der Waals surface area (Å²) in [4.78, 5) is 27.6. The van der Waals surface area contributed by atoms with Gasteiger partial charge in [-0.3, -0.25) is 9.69 Å². The number of hydrogen-bond donors (Lipinski definition) is 0. The zero-order valence-corrected chi connectivity index (χ0v) is 12.1. The predicted molar refractivity (Wildman–Crippen MR) is 79.8 cm³/mol. The third-order valence-corrected chi connectivity index (χ3v) is 4.38. The Hall–Kier alpha value is -2.56. The molecule has 0 saturated carbocycles. The summed E-state index contributed by atoms with van der Waals surface area (Å²) < 4.78 is 5.35. The molecule has 0 bridgehead atoms. The number of urea groups is 1. The van der Waals surface area contributed by atoms with Crippen LogP contribution in [0, 0.1) is 0 Å². The molecule has 3 heterocycles. The van der Waals surface area contributed by atoms with E-state index in [9.17, 15) is 9.59 Å². The normalized spacial score (nSPS) is 20.8. The topological polar surface area (TPSA) is 53.8 Å². The Morgan fingerprint density at radius 2 is 1.95 bits per heavy atom. The second-order valence-corrected chi connectivity index (χ2v) is 5.73. The maximum atomic E-state index is 12.3. The second kappa shape index (κ2) is 5.02. The molecule has 0 spiro atoms. The monoisotopic (exact) mass is 296 g/mol. The van der Waals surface area contributed by atoms with Crippen molar-refractivity contribution in [3.8, 4) is 11.3 Å². The van der Waals surface area contributed by atoms with Crippen molar-refractivity contribution in [1.82, 2.24) is 9.80 Å². The standard InChI is InChI=1S/C17H16N2O3/c20-16-14-3-1-9-18(14)17(21)19(16)11-12-5-7-13(8-6-12)15-4-2-10-22-15/h2,4-8,10,14H,1,3,9,11H2. The largest absolute Gasteiger partial charge is 0.464 e. The molecule has 3 amide bonds. The predicted octanol–water partition coefficient (Wildman–Crippen LogP) is 2.87. The van der Waals surface area contributed by atoms with Crippen LogP contribution in [0.3, 0.4) is 0 Å². The Bertz CT molecular complexity index is 684. The molecule has 2 saturated heterocycles. The van der Waals surface area contributed by atoms with Crippen molar-refractivity contribution in [2.75, 3.05) is 6.54 Å². The van der Waals surface area contributed by atoms with E-state index in [1.165, 1.54) is 4.90 Å². The van der Waals surface area contributed by atoms with Gasteiger partial charge in [-0.25, -0.2) is 4.79 Å². The number of furan rings is 1. The van der Waals surface area contributed by atoms with Crippen molar-refractivity contribution in [1.29, 1.82) is 0 Å². The zero-order chi connectivity index (χ0) is 15.1. The summed E-state index contributed by atoms with van der Waals surface area (Å²) in [7, 11) is 0. The van der Waals surface area contributed by atoms with Gasteiger partial charge in [-0.15, -0.1) is 0 Å². The van der Waals surface area contributed by atoms with Gasteiger partial charge in [0, 0.05) is 12.1 Å². The molecule has 4 rings (SSSR count). The molecule has 2 fully saturated rings. The third-order valence-electron chi connectivity index (χ3n) is 4.38. The third kappa shape index (κ3) is 2.01. The molecular weight excluding hydrogens is 280 g/mol. The first-order chi connectivity index (χ1) is 10.7. The summed E-state index contributed by atoms with van der Waals surface area (Å²) in [6.45, 7) is 1.03. The summed E-state index contributed by atoms with van der Waals surface area (Å²) in [5.74, 6) is 0.748. The van der Waals surface area contributed by atoms with E-state index >= 15 is 0 Å².